The van der Waals surface area contributed by atoms with Gasteiger partial charge < -0.3 is 0 Å². The molecule has 0 heterocycles. The number of rotatable bonds is 3. The molecule has 1 nitrogen and oxygen atoms in total. The van der Waals surface area contributed by atoms with Crippen LogP contribution in [0.15, 0.2) is 47.4 Å². The first-order valence-corrected chi connectivity index (χ1v) is 12.3. The summed E-state index contributed by atoms with van der Waals surface area (Å²) in [6.07, 6.45) is 4.25. The monoisotopic (exact) mass is 510 g/mol. The summed E-state index contributed by atoms with van der Waals surface area (Å²) in [6.45, 7) is 0. The second-order valence-corrected chi connectivity index (χ2v) is 13.5. The molecule has 0 saturated carbocycles. The van der Waals surface area contributed by atoms with Crippen molar-refractivity contribution in [3.63, 3.8) is 0 Å². The summed E-state index contributed by atoms with van der Waals surface area (Å²) in [7, 11) is -1.97. The van der Waals surface area contributed by atoms with Gasteiger partial charge in [-0.05, 0) is 0 Å². The molecule has 5 heteroatoms. The zero-order chi connectivity index (χ0) is 16.6. The van der Waals surface area contributed by atoms with E-state index in [0.717, 1.165) is 46.9 Å². The Bertz CT molecular complexity index is 884. The van der Waals surface area contributed by atoms with Crippen molar-refractivity contribution in [2.75, 3.05) is 6.26 Å². The van der Waals surface area contributed by atoms with E-state index in [2.05, 4.69) is 0 Å². The average Bonchev–Trinajstić information content (AvgIpc) is 2.98. The van der Waals surface area contributed by atoms with Gasteiger partial charge in [0.2, 0.25) is 0 Å². The van der Waals surface area contributed by atoms with Crippen molar-refractivity contribution < 1.29 is 29.8 Å². The molecule has 0 amide bonds. The Hall–Kier alpha value is -1.17. The molecule has 2 aromatic rings. The molecule has 1 atom stereocenters. The molecule has 0 radical (unpaired) electrons. The van der Waals surface area contributed by atoms with Crippen molar-refractivity contribution in [1.29, 1.82) is 0 Å². The van der Waals surface area contributed by atoms with E-state index in [1.807, 2.05) is 24.3 Å². The number of hydrogen-bond donors (Lipinski definition) is 0. The minimum atomic E-state index is -1.97. The van der Waals surface area contributed by atoms with Crippen LogP contribution in [-0.4, -0.2) is 10.5 Å². The number of allylic oxidation sites excluding steroid dienone is 2. The van der Waals surface area contributed by atoms with Crippen LogP contribution in [0.25, 0.3) is 11.1 Å². The van der Waals surface area contributed by atoms with Crippen LogP contribution in [0.3, 0.4) is 0 Å². The molecular weight excluding hydrogens is 492 g/mol. The van der Waals surface area contributed by atoms with Crippen molar-refractivity contribution >= 4 is 18.5 Å². The fourth-order valence-corrected chi connectivity index (χ4v) is 4.64. The van der Waals surface area contributed by atoms with Crippen LogP contribution in [0, 0.1) is 11.6 Å². The molecular formula is C18H16F2OOsS. The Labute approximate surface area is 143 Å². The van der Waals surface area contributed by atoms with Gasteiger partial charge in [-0.15, -0.1) is 0 Å². The van der Waals surface area contributed by atoms with Crippen molar-refractivity contribution in [3.8, 4) is 0 Å². The molecule has 1 unspecified atom stereocenters. The van der Waals surface area contributed by atoms with E-state index >= 15 is 0 Å². The molecule has 3 rings (SSSR count). The SMILES string of the molecule is C[S](=O)(=[Os])c1ccc(C2=C(c3cccc(F)c3F)CCC2)cc1. The quantitative estimate of drug-likeness (QED) is 0.583. The summed E-state index contributed by atoms with van der Waals surface area (Å²) < 4.78 is 39.7. The first kappa shape index (κ1) is 16.7. The predicted molar refractivity (Wildman–Crippen MR) is 85.8 cm³/mol. The van der Waals surface area contributed by atoms with Gasteiger partial charge in [0.05, 0.1) is 0 Å². The van der Waals surface area contributed by atoms with Crippen LogP contribution >= 0.6 is 0 Å². The zero-order valence-corrected chi connectivity index (χ0v) is 15.9. The summed E-state index contributed by atoms with van der Waals surface area (Å²) in [5.74, 6) is -1.58. The zero-order valence-electron chi connectivity index (χ0n) is 12.6. The van der Waals surface area contributed by atoms with Gasteiger partial charge in [-0.1, -0.05) is 0 Å². The standard InChI is InChI=1S/C18H16F2OS.Os/c1-22(21)13-10-8-12(9-11-13)14-4-2-5-15(14)16-6-3-7-17(19)18(16)20;/h3,6-11H,2,4-5H2,1H3;. The van der Waals surface area contributed by atoms with E-state index in [1.165, 1.54) is 16.8 Å². The minimum absolute atomic E-state index is 0.359. The molecule has 2 aromatic carbocycles. The molecule has 122 valence electrons. The van der Waals surface area contributed by atoms with Crippen LogP contribution in [0.2, 0.25) is 0 Å². The van der Waals surface area contributed by atoms with Gasteiger partial charge in [0, 0.05) is 0 Å². The van der Waals surface area contributed by atoms with Crippen LogP contribution in [-0.2, 0) is 24.2 Å². The van der Waals surface area contributed by atoms with Crippen molar-refractivity contribution in [2.24, 2.45) is 0 Å². The molecule has 1 aliphatic carbocycles. The van der Waals surface area contributed by atoms with Gasteiger partial charge in [-0.25, -0.2) is 0 Å². The van der Waals surface area contributed by atoms with E-state index < -0.39 is 19.0 Å². The Kier molecular flexibility index (Phi) is 4.62. The van der Waals surface area contributed by atoms with E-state index in [-0.39, 0.29) is 0 Å². The van der Waals surface area contributed by atoms with Crippen LogP contribution < -0.4 is 0 Å². The summed E-state index contributed by atoms with van der Waals surface area (Å²) >= 11 is 1.49. The van der Waals surface area contributed by atoms with Gasteiger partial charge in [0.25, 0.3) is 0 Å². The van der Waals surface area contributed by atoms with Crippen molar-refractivity contribution in [2.45, 2.75) is 24.2 Å². The Morgan fingerprint density at radius 3 is 2.30 bits per heavy atom. The van der Waals surface area contributed by atoms with Crippen molar-refractivity contribution in [3.05, 3.63) is 65.2 Å². The Balaban J connectivity index is 2.08. The average molecular weight is 509 g/mol. The Morgan fingerprint density at radius 1 is 1.00 bits per heavy atom. The molecule has 1 aliphatic rings. The fraction of sp³-hybridized carbons (Fsp3) is 0.222. The summed E-state index contributed by atoms with van der Waals surface area (Å²) in [5.41, 5.74) is 3.29. The molecule has 0 spiro atoms. The molecule has 0 fully saturated rings. The molecule has 0 bridgehead atoms. The molecule has 23 heavy (non-hydrogen) atoms. The van der Waals surface area contributed by atoms with Crippen molar-refractivity contribution in [1.82, 2.24) is 0 Å². The Morgan fingerprint density at radius 2 is 1.65 bits per heavy atom. The van der Waals surface area contributed by atoms with E-state index in [0.29, 0.717) is 5.56 Å². The molecule has 0 N–H and O–H groups in total. The van der Waals surface area contributed by atoms with Gasteiger partial charge in [-0.3, -0.25) is 0 Å². The first-order chi connectivity index (χ1) is 10.9. The normalized spacial score (nSPS) is 17.4. The van der Waals surface area contributed by atoms with E-state index in [9.17, 15) is 13.0 Å². The maximum atomic E-state index is 14.1. The number of halogens is 2. The third-order valence-electron chi connectivity index (χ3n) is 4.11. The number of benzene rings is 2. The topological polar surface area (TPSA) is 17.1 Å². The summed E-state index contributed by atoms with van der Waals surface area (Å²) in [4.78, 5) is 0.816. The maximum absolute atomic E-state index is 14.1. The van der Waals surface area contributed by atoms with Gasteiger partial charge in [0.1, 0.15) is 0 Å². The second-order valence-electron chi connectivity index (χ2n) is 5.67. The molecule has 0 aliphatic heterocycles. The molecule has 0 saturated heterocycles. The second kappa shape index (κ2) is 6.38. The first-order valence-electron chi connectivity index (χ1n) is 7.32. The van der Waals surface area contributed by atoms with Crippen LogP contribution in [0.4, 0.5) is 8.78 Å². The molecule has 0 aromatic heterocycles. The van der Waals surface area contributed by atoms with E-state index in [4.69, 9.17) is 0 Å². The van der Waals surface area contributed by atoms with Gasteiger partial charge >= 0.3 is 144 Å². The predicted octanol–water partition coefficient (Wildman–Crippen LogP) is 4.79. The number of hydrogen-bond acceptors (Lipinski definition) is 1. The van der Waals surface area contributed by atoms with Crippen LogP contribution in [0.1, 0.15) is 30.4 Å². The van der Waals surface area contributed by atoms with E-state index in [1.54, 1.807) is 18.4 Å². The van der Waals surface area contributed by atoms with Gasteiger partial charge in [-0.2, -0.15) is 0 Å². The van der Waals surface area contributed by atoms with Gasteiger partial charge in [0.15, 0.2) is 0 Å². The fourth-order valence-electron chi connectivity index (χ4n) is 2.99. The third-order valence-corrected chi connectivity index (χ3v) is 7.01. The summed E-state index contributed by atoms with van der Waals surface area (Å²) in [6, 6.07) is 11.9. The van der Waals surface area contributed by atoms with Crippen LogP contribution in [0.5, 0.6) is 0 Å². The third kappa shape index (κ3) is 3.37. The summed E-state index contributed by atoms with van der Waals surface area (Å²) in [5, 5.41) is 0.